The summed E-state index contributed by atoms with van der Waals surface area (Å²) in [6, 6.07) is 5.52. The number of hydrogen-bond donors (Lipinski definition) is 2. The normalized spacial score (nSPS) is 10.3. The smallest absolute Gasteiger partial charge is 0.124 e. The van der Waals surface area contributed by atoms with Crippen LogP contribution in [0.25, 0.3) is 0 Å². The second-order valence-electron chi connectivity index (χ2n) is 3.10. The fourth-order valence-electron chi connectivity index (χ4n) is 1.36. The van der Waals surface area contributed by atoms with Gasteiger partial charge in [-0.3, -0.25) is 0 Å². The van der Waals surface area contributed by atoms with Gasteiger partial charge in [0.25, 0.3) is 0 Å². The minimum absolute atomic E-state index is 0.0198. The lowest BCUT2D eigenvalue weighted by molar-refractivity contribution is 0.145. The van der Waals surface area contributed by atoms with Crippen LogP contribution in [0.2, 0.25) is 0 Å². The molecule has 0 amide bonds. The van der Waals surface area contributed by atoms with Crippen molar-refractivity contribution in [3.05, 3.63) is 29.3 Å². The molecule has 0 fully saturated rings. The summed E-state index contributed by atoms with van der Waals surface area (Å²) in [6.07, 6.45) is 0. The second kappa shape index (κ2) is 6.40. The second-order valence-corrected chi connectivity index (χ2v) is 3.10. The molecule has 4 heteroatoms. The third-order valence-corrected chi connectivity index (χ3v) is 2.15. The van der Waals surface area contributed by atoms with Crippen LogP contribution in [-0.2, 0) is 17.9 Å². The van der Waals surface area contributed by atoms with E-state index in [2.05, 4.69) is 0 Å². The number of nitrogens with two attached hydrogens (primary N) is 1. The molecule has 15 heavy (non-hydrogen) atoms. The monoisotopic (exact) mass is 211 g/mol. The lowest BCUT2D eigenvalue weighted by Crippen LogP contribution is -2.09. The number of benzene rings is 1. The number of methoxy groups -OCH3 is 1. The van der Waals surface area contributed by atoms with E-state index < -0.39 is 0 Å². The van der Waals surface area contributed by atoms with Crippen molar-refractivity contribution in [3.63, 3.8) is 0 Å². The zero-order chi connectivity index (χ0) is 11.1. The molecule has 1 rings (SSSR count). The molecule has 0 aliphatic carbocycles. The van der Waals surface area contributed by atoms with Gasteiger partial charge in [-0.2, -0.15) is 0 Å². The van der Waals surface area contributed by atoms with Gasteiger partial charge in [0.05, 0.1) is 13.2 Å². The Bertz CT molecular complexity index is 302. The molecule has 1 aromatic carbocycles. The molecule has 0 heterocycles. The topological polar surface area (TPSA) is 64.7 Å². The average Bonchev–Trinajstić information content (AvgIpc) is 2.29. The molecule has 4 nitrogen and oxygen atoms in total. The molecule has 0 aliphatic heterocycles. The van der Waals surface area contributed by atoms with E-state index >= 15 is 0 Å². The van der Waals surface area contributed by atoms with E-state index in [0.29, 0.717) is 19.8 Å². The van der Waals surface area contributed by atoms with Crippen LogP contribution in [0.15, 0.2) is 18.2 Å². The van der Waals surface area contributed by atoms with Gasteiger partial charge in [-0.1, -0.05) is 12.1 Å². The molecule has 0 saturated carbocycles. The Morgan fingerprint density at radius 2 is 2.13 bits per heavy atom. The van der Waals surface area contributed by atoms with Gasteiger partial charge in [-0.05, 0) is 11.6 Å². The number of aliphatic hydroxyl groups excluding tert-OH is 1. The first kappa shape index (κ1) is 12.0. The highest BCUT2D eigenvalue weighted by Gasteiger charge is 2.06. The van der Waals surface area contributed by atoms with Crippen LogP contribution in [0.3, 0.4) is 0 Å². The molecular weight excluding hydrogens is 194 g/mol. The van der Waals surface area contributed by atoms with Gasteiger partial charge >= 0.3 is 0 Å². The number of ether oxygens (including phenoxy) is 2. The van der Waals surface area contributed by atoms with Crippen LogP contribution in [0.5, 0.6) is 5.75 Å². The fourth-order valence-corrected chi connectivity index (χ4v) is 1.36. The fraction of sp³-hybridized carbons (Fsp3) is 0.455. The first-order valence-electron chi connectivity index (χ1n) is 4.87. The van der Waals surface area contributed by atoms with E-state index in [1.807, 2.05) is 18.2 Å². The molecule has 0 radical (unpaired) electrons. The molecule has 0 bridgehead atoms. The molecule has 0 unspecified atom stereocenters. The number of rotatable bonds is 6. The molecule has 1 aromatic rings. The summed E-state index contributed by atoms with van der Waals surface area (Å²) >= 11 is 0. The van der Waals surface area contributed by atoms with Crippen molar-refractivity contribution in [2.45, 2.75) is 13.2 Å². The molecule has 0 aliphatic rings. The van der Waals surface area contributed by atoms with Gasteiger partial charge in [-0.15, -0.1) is 0 Å². The minimum Gasteiger partial charge on any atom is -0.491 e. The maximum absolute atomic E-state index is 9.11. The molecule has 0 atom stereocenters. The Kier molecular flexibility index (Phi) is 5.10. The predicted octanol–water partition coefficient (Wildman–Crippen LogP) is 0.663. The van der Waals surface area contributed by atoms with Crippen LogP contribution in [0, 0.1) is 0 Å². The van der Waals surface area contributed by atoms with E-state index in [-0.39, 0.29) is 6.61 Å². The summed E-state index contributed by atoms with van der Waals surface area (Å²) < 4.78 is 10.4. The van der Waals surface area contributed by atoms with Crippen molar-refractivity contribution >= 4 is 0 Å². The minimum atomic E-state index is -0.0198. The van der Waals surface area contributed by atoms with Gasteiger partial charge in [0, 0.05) is 19.2 Å². The van der Waals surface area contributed by atoms with E-state index in [1.165, 1.54) is 0 Å². The van der Waals surface area contributed by atoms with Gasteiger partial charge in [-0.25, -0.2) is 0 Å². The van der Waals surface area contributed by atoms with Gasteiger partial charge in [0.15, 0.2) is 0 Å². The van der Waals surface area contributed by atoms with Crippen molar-refractivity contribution in [3.8, 4) is 5.75 Å². The van der Waals surface area contributed by atoms with Crippen LogP contribution in [-0.4, -0.2) is 25.4 Å². The van der Waals surface area contributed by atoms with E-state index in [1.54, 1.807) is 7.11 Å². The van der Waals surface area contributed by atoms with E-state index in [0.717, 1.165) is 16.9 Å². The zero-order valence-corrected chi connectivity index (χ0v) is 8.90. The van der Waals surface area contributed by atoms with Crippen molar-refractivity contribution in [1.82, 2.24) is 0 Å². The molecule has 84 valence electrons. The van der Waals surface area contributed by atoms with E-state index in [4.69, 9.17) is 20.3 Å². The Morgan fingerprint density at radius 3 is 2.73 bits per heavy atom. The predicted molar refractivity (Wildman–Crippen MR) is 57.6 cm³/mol. The summed E-state index contributed by atoms with van der Waals surface area (Å²) in [6.45, 7) is 1.36. The van der Waals surface area contributed by atoms with E-state index in [9.17, 15) is 0 Å². The Morgan fingerprint density at radius 1 is 1.33 bits per heavy atom. The molecule has 0 spiro atoms. The van der Waals surface area contributed by atoms with Crippen LogP contribution >= 0.6 is 0 Å². The first-order chi connectivity index (χ1) is 7.33. The Balaban J connectivity index is 2.76. The highest BCUT2D eigenvalue weighted by atomic mass is 16.5. The van der Waals surface area contributed by atoms with Crippen LogP contribution in [0.1, 0.15) is 11.1 Å². The lowest BCUT2D eigenvalue weighted by atomic mass is 10.1. The highest BCUT2D eigenvalue weighted by Crippen LogP contribution is 2.21. The van der Waals surface area contributed by atoms with Gasteiger partial charge in [0.2, 0.25) is 0 Å². The first-order valence-corrected chi connectivity index (χ1v) is 4.87. The Labute approximate surface area is 89.6 Å². The van der Waals surface area contributed by atoms with Crippen molar-refractivity contribution in [1.29, 1.82) is 0 Å². The molecule has 0 saturated heterocycles. The summed E-state index contributed by atoms with van der Waals surface area (Å²) in [5.41, 5.74) is 7.28. The quantitative estimate of drug-likeness (QED) is 0.678. The van der Waals surface area contributed by atoms with Gasteiger partial charge in [0.1, 0.15) is 12.4 Å². The lowest BCUT2D eigenvalue weighted by Gasteiger charge is -2.12. The summed E-state index contributed by atoms with van der Waals surface area (Å²) in [7, 11) is 1.62. The van der Waals surface area contributed by atoms with Gasteiger partial charge < -0.3 is 20.3 Å². The maximum atomic E-state index is 9.11. The Hall–Kier alpha value is -1.10. The summed E-state index contributed by atoms with van der Waals surface area (Å²) in [5.74, 6) is 0.723. The number of aliphatic hydroxyl groups is 1. The maximum Gasteiger partial charge on any atom is 0.124 e. The standard InChI is InChI=1S/C11H17NO3/c1-14-5-6-15-11-4-2-3-9(8-13)10(11)7-12/h2-4,13H,5-8,12H2,1H3. The van der Waals surface area contributed by atoms with Crippen molar-refractivity contribution < 1.29 is 14.6 Å². The third kappa shape index (κ3) is 3.20. The summed E-state index contributed by atoms with van der Waals surface area (Å²) in [5, 5.41) is 9.11. The molecular formula is C11H17NO3. The highest BCUT2D eigenvalue weighted by molar-refractivity contribution is 5.39. The summed E-state index contributed by atoms with van der Waals surface area (Å²) in [4.78, 5) is 0. The molecule has 3 N–H and O–H groups in total. The van der Waals surface area contributed by atoms with Crippen molar-refractivity contribution in [2.24, 2.45) is 5.73 Å². The molecule has 0 aromatic heterocycles. The van der Waals surface area contributed by atoms with Crippen LogP contribution < -0.4 is 10.5 Å². The average molecular weight is 211 g/mol. The third-order valence-electron chi connectivity index (χ3n) is 2.15. The van der Waals surface area contributed by atoms with Crippen molar-refractivity contribution in [2.75, 3.05) is 20.3 Å². The van der Waals surface area contributed by atoms with Crippen LogP contribution in [0.4, 0.5) is 0 Å². The largest absolute Gasteiger partial charge is 0.491 e. The number of hydrogen-bond acceptors (Lipinski definition) is 4. The SMILES string of the molecule is COCCOc1cccc(CO)c1CN. The zero-order valence-electron chi connectivity index (χ0n) is 8.90.